The smallest absolute Gasteiger partial charge is 0.119 e. The molecule has 0 saturated heterocycles. The topological polar surface area (TPSA) is 34.1 Å². The molecule has 1 N–H and O–H groups in total. The summed E-state index contributed by atoms with van der Waals surface area (Å²) < 4.78 is 5.83. The average Bonchev–Trinajstić information content (AvgIpc) is 2.52. The fourth-order valence-electron chi connectivity index (χ4n) is 2.58. The molecule has 1 aromatic carbocycles. The van der Waals surface area contributed by atoms with E-state index in [4.69, 9.17) is 4.74 Å². The first-order chi connectivity index (χ1) is 10.6. The number of aromatic nitrogens is 1. The summed E-state index contributed by atoms with van der Waals surface area (Å²) in [5.74, 6) is 1.49. The van der Waals surface area contributed by atoms with Gasteiger partial charge in [0.2, 0.25) is 0 Å². The molecule has 0 aliphatic carbocycles. The lowest BCUT2D eigenvalue weighted by Crippen LogP contribution is -2.24. The summed E-state index contributed by atoms with van der Waals surface area (Å²) in [6.45, 7) is 10.2. The van der Waals surface area contributed by atoms with Crippen molar-refractivity contribution in [2.75, 3.05) is 13.2 Å². The number of hydrogen-bond acceptors (Lipinski definition) is 3. The second kappa shape index (κ2) is 7.95. The van der Waals surface area contributed by atoms with E-state index in [0.717, 1.165) is 12.3 Å². The fourth-order valence-corrected chi connectivity index (χ4v) is 2.58. The number of nitrogens with one attached hydrogen (secondary N) is 1. The predicted molar refractivity (Wildman–Crippen MR) is 91.4 cm³/mol. The number of rotatable bonds is 7. The highest BCUT2D eigenvalue weighted by Crippen LogP contribution is 2.23. The Hall–Kier alpha value is -1.87. The SMILES string of the molecule is Cc1cc(OCCNC(C)c2cccnc2)ccc1C(C)C. The van der Waals surface area contributed by atoms with Gasteiger partial charge in [0.05, 0.1) is 0 Å². The molecule has 1 aromatic heterocycles. The van der Waals surface area contributed by atoms with Crippen LogP contribution in [0.15, 0.2) is 42.7 Å². The van der Waals surface area contributed by atoms with Crippen LogP contribution < -0.4 is 10.1 Å². The van der Waals surface area contributed by atoms with E-state index in [1.165, 1.54) is 16.7 Å². The van der Waals surface area contributed by atoms with Crippen molar-refractivity contribution in [1.29, 1.82) is 0 Å². The van der Waals surface area contributed by atoms with E-state index in [1.807, 2.05) is 12.3 Å². The van der Waals surface area contributed by atoms with Crippen molar-refractivity contribution >= 4 is 0 Å². The van der Waals surface area contributed by atoms with Crippen LogP contribution in [-0.2, 0) is 0 Å². The van der Waals surface area contributed by atoms with Crippen molar-refractivity contribution < 1.29 is 4.74 Å². The van der Waals surface area contributed by atoms with Crippen LogP contribution in [0.3, 0.4) is 0 Å². The molecule has 22 heavy (non-hydrogen) atoms. The molecule has 0 aliphatic rings. The monoisotopic (exact) mass is 298 g/mol. The zero-order valence-electron chi connectivity index (χ0n) is 14.0. The molecule has 0 saturated carbocycles. The lowest BCUT2D eigenvalue weighted by molar-refractivity contribution is 0.307. The van der Waals surface area contributed by atoms with Crippen molar-refractivity contribution in [1.82, 2.24) is 10.3 Å². The average molecular weight is 298 g/mol. The van der Waals surface area contributed by atoms with Gasteiger partial charge < -0.3 is 10.1 Å². The van der Waals surface area contributed by atoms with Gasteiger partial charge in [-0.15, -0.1) is 0 Å². The van der Waals surface area contributed by atoms with Crippen molar-refractivity contribution in [3.8, 4) is 5.75 Å². The van der Waals surface area contributed by atoms with Crippen LogP contribution in [0.2, 0.25) is 0 Å². The highest BCUT2D eigenvalue weighted by Gasteiger charge is 2.06. The van der Waals surface area contributed by atoms with Gasteiger partial charge in [0.25, 0.3) is 0 Å². The maximum atomic E-state index is 5.83. The predicted octanol–water partition coefficient (Wildman–Crippen LogP) is 4.24. The normalized spacial score (nSPS) is 12.4. The summed E-state index contributed by atoms with van der Waals surface area (Å²) in [7, 11) is 0. The maximum absolute atomic E-state index is 5.83. The first kappa shape index (κ1) is 16.5. The van der Waals surface area contributed by atoms with Crippen molar-refractivity contribution in [2.24, 2.45) is 0 Å². The number of ether oxygens (including phenoxy) is 1. The molecule has 0 spiro atoms. The Morgan fingerprint density at radius 3 is 2.64 bits per heavy atom. The molecule has 0 fully saturated rings. The Balaban J connectivity index is 1.78. The molecular weight excluding hydrogens is 272 g/mol. The van der Waals surface area contributed by atoms with Gasteiger partial charge in [-0.3, -0.25) is 4.98 Å². The molecule has 3 heteroatoms. The third-order valence-corrected chi connectivity index (χ3v) is 3.87. The van der Waals surface area contributed by atoms with Gasteiger partial charge in [0.1, 0.15) is 12.4 Å². The minimum absolute atomic E-state index is 0.280. The largest absolute Gasteiger partial charge is 0.492 e. The van der Waals surface area contributed by atoms with Crippen LogP contribution in [0.4, 0.5) is 0 Å². The summed E-state index contributed by atoms with van der Waals surface area (Å²) in [4.78, 5) is 4.14. The summed E-state index contributed by atoms with van der Waals surface area (Å²) in [6.07, 6.45) is 3.69. The molecule has 1 atom stereocenters. The molecule has 3 nitrogen and oxygen atoms in total. The summed E-state index contributed by atoms with van der Waals surface area (Å²) in [6, 6.07) is 10.7. The quantitative estimate of drug-likeness (QED) is 0.776. The van der Waals surface area contributed by atoms with Gasteiger partial charge in [0, 0.05) is 25.0 Å². The fraction of sp³-hybridized carbons (Fsp3) is 0.421. The Morgan fingerprint density at radius 1 is 1.18 bits per heavy atom. The number of nitrogens with zero attached hydrogens (tertiary/aromatic N) is 1. The van der Waals surface area contributed by atoms with Gasteiger partial charge >= 0.3 is 0 Å². The van der Waals surface area contributed by atoms with E-state index in [2.05, 4.69) is 62.3 Å². The molecule has 0 radical (unpaired) electrons. The van der Waals surface area contributed by atoms with Crippen LogP contribution in [0.5, 0.6) is 5.75 Å². The van der Waals surface area contributed by atoms with E-state index < -0.39 is 0 Å². The van der Waals surface area contributed by atoms with Gasteiger partial charge in [-0.25, -0.2) is 0 Å². The molecule has 1 unspecified atom stereocenters. The molecule has 0 amide bonds. The van der Waals surface area contributed by atoms with Crippen LogP contribution in [0.1, 0.15) is 49.4 Å². The summed E-state index contributed by atoms with van der Waals surface area (Å²) in [5, 5.41) is 3.45. The highest BCUT2D eigenvalue weighted by molar-refractivity contribution is 5.36. The Morgan fingerprint density at radius 2 is 2.00 bits per heavy atom. The van der Waals surface area contributed by atoms with Crippen molar-refractivity contribution in [2.45, 2.75) is 39.7 Å². The van der Waals surface area contributed by atoms with Crippen LogP contribution in [0, 0.1) is 6.92 Å². The second-order valence-electron chi connectivity index (χ2n) is 5.98. The Labute approximate surface area is 133 Å². The summed E-state index contributed by atoms with van der Waals surface area (Å²) in [5.41, 5.74) is 3.87. The van der Waals surface area contributed by atoms with Gasteiger partial charge in [-0.05, 0) is 54.7 Å². The molecule has 2 aromatic rings. The maximum Gasteiger partial charge on any atom is 0.119 e. The van der Waals surface area contributed by atoms with E-state index in [9.17, 15) is 0 Å². The third-order valence-electron chi connectivity index (χ3n) is 3.87. The molecule has 2 rings (SSSR count). The van der Waals surface area contributed by atoms with Crippen molar-refractivity contribution in [3.63, 3.8) is 0 Å². The van der Waals surface area contributed by atoms with E-state index >= 15 is 0 Å². The van der Waals surface area contributed by atoms with Crippen LogP contribution in [-0.4, -0.2) is 18.1 Å². The number of benzene rings is 1. The number of aryl methyl sites for hydroxylation is 1. The zero-order valence-corrected chi connectivity index (χ0v) is 14.0. The molecular formula is C19H26N2O. The minimum Gasteiger partial charge on any atom is -0.492 e. The lowest BCUT2D eigenvalue weighted by Gasteiger charge is -2.15. The third kappa shape index (κ3) is 4.57. The summed E-state index contributed by atoms with van der Waals surface area (Å²) >= 11 is 0. The molecule has 1 heterocycles. The van der Waals surface area contributed by atoms with Gasteiger partial charge in [0.15, 0.2) is 0 Å². The molecule has 118 valence electrons. The lowest BCUT2D eigenvalue weighted by atomic mass is 9.98. The molecule has 0 aliphatic heterocycles. The Kier molecular flexibility index (Phi) is 5.96. The van der Waals surface area contributed by atoms with Gasteiger partial charge in [-0.2, -0.15) is 0 Å². The Bertz CT molecular complexity index is 581. The second-order valence-corrected chi connectivity index (χ2v) is 5.98. The molecule has 0 bridgehead atoms. The van der Waals surface area contributed by atoms with E-state index in [0.29, 0.717) is 12.5 Å². The zero-order chi connectivity index (χ0) is 15.9. The van der Waals surface area contributed by atoms with Crippen molar-refractivity contribution in [3.05, 3.63) is 59.4 Å². The highest BCUT2D eigenvalue weighted by atomic mass is 16.5. The number of pyridine rings is 1. The number of hydrogen-bond donors (Lipinski definition) is 1. The first-order valence-corrected chi connectivity index (χ1v) is 7.94. The first-order valence-electron chi connectivity index (χ1n) is 7.94. The van der Waals surface area contributed by atoms with Gasteiger partial charge in [-0.1, -0.05) is 26.0 Å². The van der Waals surface area contributed by atoms with Crippen LogP contribution in [0.25, 0.3) is 0 Å². The van der Waals surface area contributed by atoms with E-state index in [1.54, 1.807) is 6.20 Å². The van der Waals surface area contributed by atoms with E-state index in [-0.39, 0.29) is 6.04 Å². The minimum atomic E-state index is 0.280. The van der Waals surface area contributed by atoms with Crippen LogP contribution >= 0.6 is 0 Å². The standard InChI is InChI=1S/C19H26N2O/c1-14(2)19-8-7-18(12-15(19)3)22-11-10-21-16(4)17-6-5-9-20-13-17/h5-9,12-14,16,21H,10-11H2,1-4H3.